The molecule has 6 nitrogen and oxygen atoms in total. The number of nitrogens with one attached hydrogen (secondary N) is 2. The highest BCUT2D eigenvalue weighted by atomic mass is 32.2. The highest BCUT2D eigenvalue weighted by Crippen LogP contribution is 2.21. The third kappa shape index (κ3) is 6.86. The Balaban J connectivity index is 2.38. The van der Waals surface area contributed by atoms with E-state index in [9.17, 15) is 8.42 Å². The highest BCUT2D eigenvalue weighted by Gasteiger charge is 2.18. The molecule has 0 aliphatic heterocycles. The van der Waals surface area contributed by atoms with E-state index in [1.54, 1.807) is 18.6 Å². The Morgan fingerprint density at radius 1 is 1.29 bits per heavy atom. The molecule has 0 bridgehead atoms. The summed E-state index contributed by atoms with van der Waals surface area (Å²) in [5, 5.41) is 4.95. The molecule has 1 aromatic rings. The van der Waals surface area contributed by atoms with Crippen molar-refractivity contribution in [3.05, 3.63) is 16.3 Å². The van der Waals surface area contributed by atoms with Gasteiger partial charge < -0.3 is 14.8 Å². The molecule has 2 N–H and O–H groups in total. The zero-order valence-electron chi connectivity index (χ0n) is 12.6. The maximum Gasteiger partial charge on any atom is 0.241 e. The molecule has 1 rings (SSSR count). The van der Waals surface area contributed by atoms with Crippen molar-refractivity contribution in [1.82, 2.24) is 10.0 Å². The van der Waals surface area contributed by atoms with Crippen LogP contribution in [0.15, 0.2) is 16.3 Å². The zero-order chi connectivity index (χ0) is 15.6. The van der Waals surface area contributed by atoms with E-state index in [0.29, 0.717) is 44.2 Å². The Morgan fingerprint density at radius 3 is 2.81 bits per heavy atom. The summed E-state index contributed by atoms with van der Waals surface area (Å²) < 4.78 is 37.2. The van der Waals surface area contributed by atoms with Crippen LogP contribution in [0.5, 0.6) is 0 Å². The van der Waals surface area contributed by atoms with Gasteiger partial charge in [-0.25, -0.2) is 13.1 Å². The molecule has 0 amide bonds. The maximum atomic E-state index is 12.2. The molecule has 21 heavy (non-hydrogen) atoms. The molecule has 1 heterocycles. The number of hydrogen-bond donors (Lipinski definition) is 2. The van der Waals surface area contributed by atoms with Gasteiger partial charge in [-0.15, -0.1) is 11.3 Å². The third-order valence-corrected chi connectivity index (χ3v) is 5.31. The summed E-state index contributed by atoms with van der Waals surface area (Å²) in [5.74, 6) is 0. The minimum absolute atomic E-state index is 0.367. The second-order valence-corrected chi connectivity index (χ2v) is 7.08. The van der Waals surface area contributed by atoms with Crippen molar-refractivity contribution >= 4 is 21.4 Å². The first kappa shape index (κ1) is 18.5. The number of rotatable bonds is 12. The maximum absolute atomic E-state index is 12.2. The number of sulfonamides is 1. The molecule has 0 spiro atoms. The van der Waals surface area contributed by atoms with Gasteiger partial charge in [-0.2, -0.15) is 0 Å². The van der Waals surface area contributed by atoms with Crippen LogP contribution in [-0.2, 0) is 26.0 Å². The monoisotopic (exact) mass is 336 g/mol. The first-order chi connectivity index (χ1) is 10.1. The van der Waals surface area contributed by atoms with Crippen LogP contribution >= 0.6 is 11.3 Å². The molecule has 0 radical (unpaired) electrons. The van der Waals surface area contributed by atoms with Crippen molar-refractivity contribution in [2.45, 2.75) is 24.8 Å². The average Bonchev–Trinajstić information content (AvgIpc) is 2.93. The van der Waals surface area contributed by atoms with Crippen molar-refractivity contribution in [2.75, 3.05) is 40.0 Å². The van der Waals surface area contributed by atoms with Gasteiger partial charge in [-0.05, 0) is 24.4 Å². The average molecular weight is 336 g/mol. The lowest BCUT2D eigenvalue weighted by Gasteiger charge is -2.08. The lowest BCUT2D eigenvalue weighted by molar-refractivity contribution is 0.0699. The molecule has 0 aliphatic carbocycles. The summed E-state index contributed by atoms with van der Waals surface area (Å²) in [4.78, 5) is 1.20. The van der Waals surface area contributed by atoms with Gasteiger partial charge in [0.2, 0.25) is 10.0 Å². The minimum Gasteiger partial charge on any atom is -0.382 e. The lowest BCUT2D eigenvalue weighted by Crippen LogP contribution is -2.26. The zero-order valence-corrected chi connectivity index (χ0v) is 14.2. The SMILES string of the molecule is CCNCc1sccc1S(=O)(=O)NCCCOCCOC. The summed E-state index contributed by atoms with van der Waals surface area (Å²) >= 11 is 1.45. The first-order valence-electron chi connectivity index (χ1n) is 6.95. The predicted molar refractivity (Wildman–Crippen MR) is 84.2 cm³/mol. The van der Waals surface area contributed by atoms with Gasteiger partial charge in [0.15, 0.2) is 0 Å². The van der Waals surface area contributed by atoms with Gasteiger partial charge in [0.25, 0.3) is 0 Å². The summed E-state index contributed by atoms with van der Waals surface area (Å²) in [6.45, 7) is 5.33. The van der Waals surface area contributed by atoms with Crippen molar-refractivity contribution in [1.29, 1.82) is 0 Å². The highest BCUT2D eigenvalue weighted by molar-refractivity contribution is 7.89. The second-order valence-electron chi connectivity index (χ2n) is 4.34. The number of methoxy groups -OCH3 is 1. The van der Waals surface area contributed by atoms with Crippen LogP contribution in [0.4, 0.5) is 0 Å². The van der Waals surface area contributed by atoms with Gasteiger partial charge in [0, 0.05) is 31.7 Å². The first-order valence-corrected chi connectivity index (χ1v) is 9.31. The molecule has 0 saturated heterocycles. The molecule has 0 fully saturated rings. The smallest absolute Gasteiger partial charge is 0.241 e. The largest absolute Gasteiger partial charge is 0.382 e. The van der Waals surface area contributed by atoms with Gasteiger partial charge in [0.05, 0.1) is 18.1 Å². The van der Waals surface area contributed by atoms with Crippen LogP contribution in [-0.4, -0.2) is 48.4 Å². The fourth-order valence-electron chi connectivity index (χ4n) is 1.64. The summed E-state index contributed by atoms with van der Waals surface area (Å²) in [6, 6.07) is 1.65. The Bertz CT molecular complexity index is 488. The molecule has 0 unspecified atom stereocenters. The number of thiophene rings is 1. The molecule has 0 aromatic carbocycles. The summed E-state index contributed by atoms with van der Waals surface area (Å²) in [5.41, 5.74) is 0. The van der Waals surface area contributed by atoms with Crippen LogP contribution in [0, 0.1) is 0 Å². The molecule has 1 aromatic heterocycles. The summed E-state index contributed by atoms with van der Waals surface area (Å²) in [6.07, 6.45) is 0.635. The second kappa shape index (κ2) is 10.3. The summed E-state index contributed by atoms with van der Waals surface area (Å²) in [7, 11) is -1.82. The van der Waals surface area contributed by atoms with Crippen LogP contribution in [0.1, 0.15) is 18.2 Å². The molecule has 122 valence electrons. The van der Waals surface area contributed by atoms with E-state index in [2.05, 4.69) is 10.0 Å². The fourth-order valence-corrected chi connectivity index (χ4v) is 4.12. The molecular weight excluding hydrogens is 312 g/mol. The minimum atomic E-state index is -3.44. The standard InChI is InChI=1S/C13H24N2O4S2/c1-3-14-11-12-13(5-10-20-12)21(16,17)15-6-4-7-19-9-8-18-2/h5,10,14-15H,3-4,6-9,11H2,1-2H3. The molecular formula is C13H24N2O4S2. The Morgan fingerprint density at radius 2 is 2.10 bits per heavy atom. The van der Waals surface area contributed by atoms with Crippen molar-refractivity contribution in [3.63, 3.8) is 0 Å². The Kier molecular flexibility index (Phi) is 9.05. The van der Waals surface area contributed by atoms with Crippen LogP contribution in [0.2, 0.25) is 0 Å². The predicted octanol–water partition coefficient (Wildman–Crippen LogP) is 1.19. The van der Waals surface area contributed by atoms with Gasteiger partial charge in [-0.1, -0.05) is 6.92 Å². The van der Waals surface area contributed by atoms with E-state index in [4.69, 9.17) is 9.47 Å². The van der Waals surface area contributed by atoms with E-state index in [-0.39, 0.29) is 0 Å². The normalized spacial score (nSPS) is 11.9. The molecule has 0 saturated carbocycles. The Labute approximate surface area is 130 Å². The number of ether oxygens (including phenoxy) is 2. The van der Waals surface area contributed by atoms with Crippen LogP contribution < -0.4 is 10.0 Å². The molecule has 0 aliphatic rings. The van der Waals surface area contributed by atoms with Crippen molar-refractivity contribution in [2.24, 2.45) is 0 Å². The topological polar surface area (TPSA) is 76.7 Å². The van der Waals surface area contributed by atoms with Crippen molar-refractivity contribution in [3.8, 4) is 0 Å². The molecule has 0 atom stereocenters. The van der Waals surface area contributed by atoms with E-state index in [0.717, 1.165) is 11.4 Å². The van der Waals surface area contributed by atoms with E-state index in [1.807, 2.05) is 6.92 Å². The van der Waals surface area contributed by atoms with Gasteiger partial charge in [0.1, 0.15) is 0 Å². The number of hydrogen-bond acceptors (Lipinski definition) is 6. The quantitative estimate of drug-likeness (QED) is 0.561. The lowest BCUT2D eigenvalue weighted by atomic mass is 10.4. The van der Waals surface area contributed by atoms with E-state index in [1.165, 1.54) is 11.3 Å². The van der Waals surface area contributed by atoms with E-state index >= 15 is 0 Å². The fraction of sp³-hybridized carbons (Fsp3) is 0.692. The van der Waals surface area contributed by atoms with Crippen molar-refractivity contribution < 1.29 is 17.9 Å². The third-order valence-electron chi connectivity index (χ3n) is 2.72. The Hall–Kier alpha value is -0.510. The van der Waals surface area contributed by atoms with Gasteiger partial charge >= 0.3 is 0 Å². The molecule has 8 heteroatoms. The van der Waals surface area contributed by atoms with Gasteiger partial charge in [-0.3, -0.25) is 0 Å². The van der Waals surface area contributed by atoms with Crippen LogP contribution in [0.3, 0.4) is 0 Å². The van der Waals surface area contributed by atoms with E-state index < -0.39 is 10.0 Å². The van der Waals surface area contributed by atoms with Crippen LogP contribution in [0.25, 0.3) is 0 Å².